The summed E-state index contributed by atoms with van der Waals surface area (Å²) in [5.74, 6) is -0.131. The number of rotatable bonds is 4. The number of thiophene rings is 1. The molecule has 0 saturated carbocycles. The fraction of sp³-hybridized carbons (Fsp3) is 0.300. The molecule has 0 aliphatic carbocycles. The normalized spacial score (nSPS) is 10.8. The van der Waals surface area contributed by atoms with Gasteiger partial charge in [0.05, 0.1) is 0 Å². The van der Waals surface area contributed by atoms with E-state index in [1.165, 1.54) is 6.07 Å². The van der Waals surface area contributed by atoms with Gasteiger partial charge in [0.15, 0.2) is 0 Å². The highest BCUT2D eigenvalue weighted by atomic mass is 32.1. The maximum atomic E-state index is 12.2. The zero-order valence-corrected chi connectivity index (χ0v) is 10.8. The summed E-state index contributed by atoms with van der Waals surface area (Å²) in [5.41, 5.74) is 0. The molecule has 0 atom stereocenters. The van der Waals surface area contributed by atoms with Crippen LogP contribution in [0.2, 0.25) is 0 Å². The van der Waals surface area contributed by atoms with Crippen molar-refractivity contribution in [1.29, 1.82) is 0 Å². The first kappa shape index (κ1) is 13.4. The van der Waals surface area contributed by atoms with E-state index in [1.807, 2.05) is 0 Å². The first-order valence-corrected chi connectivity index (χ1v) is 6.03. The maximum absolute atomic E-state index is 12.2. The molecular weight excluding hydrogens is 278 g/mol. The van der Waals surface area contributed by atoms with Crippen LogP contribution in [0, 0.1) is 13.8 Å². The number of alkyl halides is 2. The van der Waals surface area contributed by atoms with Crippen molar-refractivity contribution < 1.29 is 18.3 Å². The third-order valence-corrected chi connectivity index (χ3v) is 3.10. The van der Waals surface area contributed by atoms with Gasteiger partial charge in [0.25, 0.3) is 5.91 Å². The summed E-state index contributed by atoms with van der Waals surface area (Å²) in [5, 5.41) is 8.68. The lowest BCUT2D eigenvalue weighted by Gasteiger charge is -2.04. The third-order valence-electron chi connectivity index (χ3n) is 2.07. The summed E-state index contributed by atoms with van der Waals surface area (Å²) in [6.07, 6.45) is 0. The molecule has 102 valence electrons. The molecule has 2 heterocycles. The molecule has 19 heavy (non-hydrogen) atoms. The quantitative estimate of drug-likeness (QED) is 0.905. The van der Waals surface area contributed by atoms with Crippen molar-refractivity contribution >= 4 is 23.2 Å². The molecule has 0 spiro atoms. The lowest BCUT2D eigenvalue weighted by Crippen LogP contribution is -2.13. The summed E-state index contributed by atoms with van der Waals surface area (Å²) in [6.45, 7) is 0.381. The molecule has 0 bridgehead atoms. The van der Waals surface area contributed by atoms with E-state index in [-0.39, 0.29) is 16.6 Å². The number of aryl methyl sites for hydroxylation is 2. The molecule has 0 aliphatic heterocycles. The van der Waals surface area contributed by atoms with Gasteiger partial charge < -0.3 is 4.74 Å². The molecular formula is C10H10F2N4O2S. The van der Waals surface area contributed by atoms with Crippen LogP contribution in [0.5, 0.6) is 5.75 Å². The van der Waals surface area contributed by atoms with Gasteiger partial charge in [-0.15, -0.1) is 16.4 Å². The van der Waals surface area contributed by atoms with Gasteiger partial charge in [-0.05, 0) is 19.9 Å². The average molecular weight is 288 g/mol. The van der Waals surface area contributed by atoms with Crippen molar-refractivity contribution in [2.45, 2.75) is 20.5 Å². The van der Waals surface area contributed by atoms with Crippen LogP contribution < -0.4 is 10.1 Å². The van der Waals surface area contributed by atoms with Crippen LogP contribution in [0.25, 0.3) is 0 Å². The van der Waals surface area contributed by atoms with Crippen molar-refractivity contribution in [1.82, 2.24) is 15.2 Å². The first-order valence-electron chi connectivity index (χ1n) is 5.21. The van der Waals surface area contributed by atoms with Crippen LogP contribution >= 0.6 is 11.3 Å². The summed E-state index contributed by atoms with van der Waals surface area (Å²) in [7, 11) is 0. The Bertz CT molecular complexity index is 596. The highest BCUT2D eigenvalue weighted by molar-refractivity contribution is 7.14. The van der Waals surface area contributed by atoms with Gasteiger partial charge in [-0.3, -0.25) is 15.2 Å². The zero-order valence-electron chi connectivity index (χ0n) is 10.0. The van der Waals surface area contributed by atoms with Crippen molar-refractivity contribution in [2.75, 3.05) is 5.32 Å². The number of ether oxygens (including phenoxy) is 1. The molecule has 2 aromatic rings. The number of anilines is 1. The van der Waals surface area contributed by atoms with Crippen LogP contribution in [-0.2, 0) is 0 Å². The molecule has 0 fully saturated rings. The highest BCUT2D eigenvalue weighted by Crippen LogP contribution is 2.30. The molecule has 2 rings (SSSR count). The highest BCUT2D eigenvalue weighted by Gasteiger charge is 2.20. The third kappa shape index (κ3) is 3.25. The number of carbonyl (C=O) groups excluding carboxylic acids is 1. The van der Waals surface area contributed by atoms with Crippen LogP contribution in [0.4, 0.5) is 14.7 Å². The topological polar surface area (TPSA) is 79.9 Å². The fourth-order valence-corrected chi connectivity index (χ4v) is 2.23. The van der Waals surface area contributed by atoms with Crippen molar-refractivity contribution in [3.8, 4) is 5.75 Å². The number of hydrogen-bond acceptors (Lipinski definition) is 5. The summed E-state index contributed by atoms with van der Waals surface area (Å²) >= 11 is 1.05. The number of carbonyl (C=O) groups is 1. The van der Waals surface area contributed by atoms with E-state index in [2.05, 4.69) is 25.2 Å². The Morgan fingerprint density at radius 1 is 1.53 bits per heavy atom. The molecule has 0 radical (unpaired) electrons. The van der Waals surface area contributed by atoms with Crippen molar-refractivity contribution in [3.05, 3.63) is 21.6 Å². The number of hydrogen-bond donors (Lipinski definition) is 2. The predicted molar refractivity (Wildman–Crippen MR) is 64.8 cm³/mol. The molecule has 2 aromatic heterocycles. The second-order valence-corrected chi connectivity index (χ2v) is 4.88. The minimum Gasteiger partial charge on any atom is -0.433 e. The van der Waals surface area contributed by atoms with Crippen LogP contribution in [-0.4, -0.2) is 27.7 Å². The molecule has 6 nitrogen and oxygen atoms in total. The SMILES string of the molecule is Cc1nc(NC(=O)c2sc(C)cc2OC(F)F)n[nH]1. The van der Waals surface area contributed by atoms with Gasteiger partial charge in [0, 0.05) is 4.88 Å². The van der Waals surface area contributed by atoms with Gasteiger partial charge >= 0.3 is 6.61 Å². The molecule has 0 saturated heterocycles. The Balaban J connectivity index is 2.18. The number of nitrogens with one attached hydrogen (secondary N) is 2. The van der Waals surface area contributed by atoms with E-state index in [0.29, 0.717) is 10.7 Å². The minimum atomic E-state index is -2.98. The smallest absolute Gasteiger partial charge is 0.387 e. The predicted octanol–water partition coefficient (Wildman–Crippen LogP) is 2.34. The Morgan fingerprint density at radius 2 is 2.26 bits per heavy atom. The second kappa shape index (κ2) is 5.31. The fourth-order valence-electron chi connectivity index (χ4n) is 1.39. The van der Waals surface area contributed by atoms with E-state index in [1.54, 1.807) is 13.8 Å². The van der Waals surface area contributed by atoms with Crippen LogP contribution in [0.1, 0.15) is 20.4 Å². The molecule has 0 aromatic carbocycles. The molecule has 2 N–H and O–H groups in total. The summed E-state index contributed by atoms with van der Waals surface area (Å²) in [4.78, 5) is 16.6. The average Bonchev–Trinajstić information content (AvgIpc) is 2.84. The van der Waals surface area contributed by atoms with Gasteiger partial charge in [0.1, 0.15) is 16.5 Å². The molecule has 1 amide bonds. The number of aromatic nitrogens is 3. The van der Waals surface area contributed by atoms with E-state index < -0.39 is 12.5 Å². The number of halogens is 2. The van der Waals surface area contributed by atoms with Crippen LogP contribution in [0.3, 0.4) is 0 Å². The van der Waals surface area contributed by atoms with E-state index in [0.717, 1.165) is 11.3 Å². The van der Waals surface area contributed by atoms with Gasteiger partial charge in [0.2, 0.25) is 5.95 Å². The van der Waals surface area contributed by atoms with Crippen molar-refractivity contribution in [3.63, 3.8) is 0 Å². The molecule has 0 aliphatic rings. The lowest BCUT2D eigenvalue weighted by molar-refractivity contribution is -0.0498. The van der Waals surface area contributed by atoms with E-state index >= 15 is 0 Å². The summed E-state index contributed by atoms with van der Waals surface area (Å²) < 4.78 is 28.7. The molecule has 9 heteroatoms. The van der Waals surface area contributed by atoms with Gasteiger partial charge in [-0.25, -0.2) is 0 Å². The van der Waals surface area contributed by atoms with Gasteiger partial charge in [-0.2, -0.15) is 13.8 Å². The van der Waals surface area contributed by atoms with E-state index in [9.17, 15) is 13.6 Å². The molecule has 0 unspecified atom stereocenters. The first-order chi connectivity index (χ1) is 8.95. The number of H-pyrrole nitrogens is 1. The Labute approximate surface area is 110 Å². The zero-order chi connectivity index (χ0) is 14.0. The summed E-state index contributed by atoms with van der Waals surface area (Å²) in [6, 6.07) is 1.38. The lowest BCUT2D eigenvalue weighted by atomic mass is 10.4. The van der Waals surface area contributed by atoms with Gasteiger partial charge in [-0.1, -0.05) is 0 Å². The Morgan fingerprint density at radius 3 is 2.84 bits per heavy atom. The second-order valence-electron chi connectivity index (χ2n) is 3.63. The number of aromatic amines is 1. The number of amides is 1. The standard InChI is InChI=1S/C10H10F2N4O2S/c1-4-3-6(18-9(11)12)7(19-4)8(17)14-10-13-5(2)15-16-10/h3,9H,1-2H3,(H2,13,14,15,16,17). The largest absolute Gasteiger partial charge is 0.433 e. The monoisotopic (exact) mass is 288 g/mol. The van der Waals surface area contributed by atoms with Crippen LogP contribution in [0.15, 0.2) is 6.07 Å². The van der Waals surface area contributed by atoms with E-state index in [4.69, 9.17) is 0 Å². The Hall–Kier alpha value is -2.03. The maximum Gasteiger partial charge on any atom is 0.387 e. The minimum absolute atomic E-state index is 0.0558. The number of nitrogens with zero attached hydrogens (tertiary/aromatic N) is 2. The Kier molecular flexibility index (Phi) is 3.74. The van der Waals surface area contributed by atoms with Crippen molar-refractivity contribution in [2.24, 2.45) is 0 Å².